The van der Waals surface area contributed by atoms with Crippen molar-refractivity contribution in [1.82, 2.24) is 14.5 Å². The third kappa shape index (κ3) is 5.34. The lowest BCUT2D eigenvalue weighted by molar-refractivity contribution is -0.145. The van der Waals surface area contributed by atoms with Crippen LogP contribution in [0.2, 0.25) is 0 Å². The highest BCUT2D eigenvalue weighted by Gasteiger charge is 2.14. The van der Waals surface area contributed by atoms with E-state index < -0.39 is 0 Å². The Bertz CT molecular complexity index is 1350. The Morgan fingerprint density at radius 1 is 1.09 bits per heavy atom. The minimum Gasteiger partial charge on any atom is -0.496 e. The third-order valence-electron chi connectivity index (χ3n) is 5.49. The molecule has 4 rings (SSSR count). The van der Waals surface area contributed by atoms with Crippen molar-refractivity contribution in [1.29, 1.82) is 0 Å². The number of hydrogen-bond acceptors (Lipinski definition) is 7. The Balaban J connectivity index is 1.40. The van der Waals surface area contributed by atoms with Crippen LogP contribution < -0.4 is 10.3 Å². The van der Waals surface area contributed by atoms with Crippen LogP contribution in [0.4, 0.5) is 0 Å². The van der Waals surface area contributed by atoms with Gasteiger partial charge in [0.1, 0.15) is 23.1 Å². The van der Waals surface area contributed by atoms with Crippen molar-refractivity contribution in [3.8, 4) is 16.3 Å². The van der Waals surface area contributed by atoms with Gasteiger partial charge in [-0.05, 0) is 30.7 Å². The van der Waals surface area contributed by atoms with Gasteiger partial charge in [0, 0.05) is 18.3 Å². The summed E-state index contributed by atoms with van der Waals surface area (Å²) in [5.74, 6) is 0.356. The number of benzene rings is 2. The molecule has 0 fully saturated rings. The molecule has 0 N–H and O–H groups in total. The molecular weight excluding hydrogens is 450 g/mol. The van der Waals surface area contributed by atoms with Crippen molar-refractivity contribution in [3.05, 3.63) is 75.7 Å². The molecule has 4 aromatic rings. The number of aryl methyl sites for hydroxylation is 2. The predicted molar refractivity (Wildman–Crippen MR) is 133 cm³/mol. The number of unbranched alkanes of at least 4 members (excludes halogenated alkanes) is 1. The third-order valence-corrected chi connectivity index (χ3v) is 6.42. The minimum atomic E-state index is -0.388. The van der Waals surface area contributed by atoms with Crippen molar-refractivity contribution in [3.63, 3.8) is 0 Å². The normalized spacial score (nSPS) is 11.0. The average Bonchev–Trinajstić information content (AvgIpc) is 3.34. The summed E-state index contributed by atoms with van der Waals surface area (Å²) >= 11 is 1.47. The molecule has 0 spiro atoms. The zero-order valence-electron chi connectivity index (χ0n) is 19.3. The van der Waals surface area contributed by atoms with Crippen molar-refractivity contribution >= 4 is 28.3 Å². The van der Waals surface area contributed by atoms with Crippen LogP contribution in [0, 0.1) is 0 Å². The number of carbonyl (C=O) groups excluding carboxylic acids is 1. The lowest BCUT2D eigenvalue weighted by Gasteiger charge is -2.11. The number of fused-ring (bicyclic) bond motifs is 1. The van der Waals surface area contributed by atoms with Gasteiger partial charge in [-0.1, -0.05) is 37.6 Å². The molecular formula is C26H27N3O4S. The molecule has 0 aliphatic carbocycles. The van der Waals surface area contributed by atoms with Crippen molar-refractivity contribution in [2.45, 2.75) is 45.8 Å². The first kappa shape index (κ1) is 23.6. The molecule has 0 aliphatic heterocycles. The second-order valence-corrected chi connectivity index (χ2v) is 8.72. The van der Waals surface area contributed by atoms with Gasteiger partial charge in [0.2, 0.25) is 0 Å². The Kier molecular flexibility index (Phi) is 7.69. The number of hydrogen-bond donors (Lipinski definition) is 0. The van der Waals surface area contributed by atoms with E-state index in [9.17, 15) is 9.59 Å². The molecule has 7 nitrogen and oxygen atoms in total. The van der Waals surface area contributed by atoms with Crippen LogP contribution in [0.15, 0.2) is 58.7 Å². The smallest absolute Gasteiger partial charge is 0.306 e. The van der Waals surface area contributed by atoms with Gasteiger partial charge in [-0.25, -0.2) is 9.97 Å². The van der Waals surface area contributed by atoms with Crippen LogP contribution in [0.5, 0.6) is 5.75 Å². The van der Waals surface area contributed by atoms with Gasteiger partial charge in [0.05, 0.1) is 35.8 Å². The topological polar surface area (TPSA) is 83.3 Å². The lowest BCUT2D eigenvalue weighted by Crippen LogP contribution is -2.26. The number of para-hydroxylation sites is 3. The molecule has 0 aliphatic rings. The Hall–Kier alpha value is -3.52. The van der Waals surface area contributed by atoms with E-state index >= 15 is 0 Å². The average molecular weight is 478 g/mol. The number of nitrogens with zero attached hydrogens (tertiary/aromatic N) is 3. The number of thiazole rings is 1. The number of carbonyl (C=O) groups is 1. The van der Waals surface area contributed by atoms with E-state index in [2.05, 4.69) is 16.9 Å². The molecule has 0 bridgehead atoms. The van der Waals surface area contributed by atoms with Gasteiger partial charge < -0.3 is 14.0 Å². The van der Waals surface area contributed by atoms with Crippen LogP contribution in [-0.2, 0) is 29.1 Å². The van der Waals surface area contributed by atoms with Crippen molar-refractivity contribution in [2.24, 2.45) is 0 Å². The van der Waals surface area contributed by atoms with Crippen LogP contribution in [0.3, 0.4) is 0 Å². The molecule has 0 radical (unpaired) electrons. The summed E-state index contributed by atoms with van der Waals surface area (Å²) in [6, 6.07) is 15.3. The molecule has 0 saturated carbocycles. The summed E-state index contributed by atoms with van der Waals surface area (Å²) in [4.78, 5) is 34.5. The highest BCUT2D eigenvalue weighted by atomic mass is 32.1. The molecule has 0 amide bonds. The first-order chi connectivity index (χ1) is 16.6. The van der Waals surface area contributed by atoms with Gasteiger partial charge in [0.25, 0.3) is 5.56 Å². The molecule has 0 saturated heterocycles. The van der Waals surface area contributed by atoms with Crippen LogP contribution in [0.25, 0.3) is 21.6 Å². The van der Waals surface area contributed by atoms with E-state index in [0.29, 0.717) is 17.9 Å². The molecule has 0 unspecified atom stereocenters. The quantitative estimate of drug-likeness (QED) is 0.299. The summed E-state index contributed by atoms with van der Waals surface area (Å²) in [5.41, 5.74) is 3.40. The van der Waals surface area contributed by atoms with Crippen LogP contribution in [-0.4, -0.2) is 27.6 Å². The van der Waals surface area contributed by atoms with Gasteiger partial charge in [0.15, 0.2) is 0 Å². The fourth-order valence-electron chi connectivity index (χ4n) is 3.71. The zero-order valence-corrected chi connectivity index (χ0v) is 20.1. The first-order valence-corrected chi connectivity index (χ1v) is 12.2. The highest BCUT2D eigenvalue weighted by molar-refractivity contribution is 7.13. The number of aromatic nitrogens is 3. The molecule has 34 heavy (non-hydrogen) atoms. The Labute approximate surface area is 202 Å². The molecule has 176 valence electrons. The second kappa shape index (κ2) is 11.1. The largest absolute Gasteiger partial charge is 0.496 e. The molecule has 0 atom stereocenters. The van der Waals surface area contributed by atoms with Crippen LogP contribution >= 0.6 is 11.3 Å². The molecule has 2 heterocycles. The van der Waals surface area contributed by atoms with Gasteiger partial charge in [-0.2, -0.15) is 0 Å². The number of rotatable bonds is 10. The summed E-state index contributed by atoms with van der Waals surface area (Å²) in [6.07, 6.45) is 2.20. The molecule has 8 heteroatoms. The van der Waals surface area contributed by atoms with E-state index in [-0.39, 0.29) is 31.0 Å². The summed E-state index contributed by atoms with van der Waals surface area (Å²) in [6.45, 7) is 2.80. The zero-order chi connectivity index (χ0) is 23.9. The highest BCUT2D eigenvalue weighted by Crippen LogP contribution is 2.32. The van der Waals surface area contributed by atoms with Gasteiger partial charge in [-0.15, -0.1) is 11.3 Å². The van der Waals surface area contributed by atoms with E-state index in [1.807, 2.05) is 53.9 Å². The predicted octanol–water partition coefficient (Wildman–Crippen LogP) is 5.00. The fraction of sp³-hybridized carbons (Fsp3) is 0.308. The summed E-state index contributed by atoms with van der Waals surface area (Å²) in [5, 5.41) is 2.67. The van der Waals surface area contributed by atoms with Crippen molar-refractivity contribution in [2.75, 3.05) is 7.11 Å². The minimum absolute atomic E-state index is 0.0797. The van der Waals surface area contributed by atoms with E-state index in [1.54, 1.807) is 11.7 Å². The standard InChI is InChI=1S/C26H27N3O4S/c1-3-4-15-29-22-11-7-6-10-20(22)28-21(26(29)31)13-14-24(30)33-16-18-17-34-25(27-18)19-9-5-8-12-23(19)32-2/h5-12,17H,3-4,13-16H2,1-2H3. The van der Waals surface area contributed by atoms with E-state index in [0.717, 1.165) is 40.2 Å². The van der Waals surface area contributed by atoms with Gasteiger partial charge in [-0.3, -0.25) is 9.59 Å². The fourth-order valence-corrected chi connectivity index (χ4v) is 4.55. The van der Waals surface area contributed by atoms with Gasteiger partial charge >= 0.3 is 5.97 Å². The maximum atomic E-state index is 13.0. The number of ether oxygens (including phenoxy) is 2. The maximum absolute atomic E-state index is 13.0. The monoisotopic (exact) mass is 477 g/mol. The summed E-state index contributed by atoms with van der Waals surface area (Å²) < 4.78 is 12.6. The molecule has 2 aromatic carbocycles. The first-order valence-electron chi connectivity index (χ1n) is 11.3. The Morgan fingerprint density at radius 2 is 1.88 bits per heavy atom. The van der Waals surface area contributed by atoms with Crippen molar-refractivity contribution < 1.29 is 14.3 Å². The van der Waals surface area contributed by atoms with E-state index in [1.165, 1.54) is 11.3 Å². The summed E-state index contributed by atoms with van der Waals surface area (Å²) in [7, 11) is 1.62. The Morgan fingerprint density at radius 3 is 2.71 bits per heavy atom. The SMILES string of the molecule is CCCCn1c(=O)c(CCC(=O)OCc2csc(-c3ccccc3OC)n2)nc2ccccc21. The maximum Gasteiger partial charge on any atom is 0.306 e. The second-order valence-electron chi connectivity index (χ2n) is 7.86. The lowest BCUT2D eigenvalue weighted by atomic mass is 10.2. The number of esters is 1. The van der Waals surface area contributed by atoms with Crippen LogP contribution in [0.1, 0.15) is 37.6 Å². The number of methoxy groups -OCH3 is 1. The van der Waals surface area contributed by atoms with E-state index in [4.69, 9.17) is 9.47 Å². The molecule has 2 aromatic heterocycles.